The van der Waals surface area contributed by atoms with Gasteiger partial charge in [0.15, 0.2) is 0 Å². The van der Waals surface area contributed by atoms with Gasteiger partial charge in [-0.05, 0) is 61.7 Å². The molecule has 3 rings (SSSR count). The summed E-state index contributed by atoms with van der Waals surface area (Å²) in [5.74, 6) is 1.80. The van der Waals surface area contributed by atoms with E-state index in [0.717, 1.165) is 44.4 Å². The Kier molecular flexibility index (Phi) is 10.2. The van der Waals surface area contributed by atoms with Crippen LogP contribution in [0.25, 0.3) is 0 Å². The summed E-state index contributed by atoms with van der Waals surface area (Å²) in [4.78, 5) is 25.2. The average Bonchev–Trinajstić information content (AvgIpc) is 3.57. The number of carbonyl (C=O) groups is 2. The fourth-order valence-corrected chi connectivity index (χ4v) is 6.60. The van der Waals surface area contributed by atoms with Gasteiger partial charge in [0.1, 0.15) is 11.6 Å². The third kappa shape index (κ3) is 7.15. The van der Waals surface area contributed by atoms with Crippen molar-refractivity contribution in [3.05, 3.63) is 0 Å². The molecule has 3 fully saturated rings. The minimum Gasteiger partial charge on any atom is -0.385 e. The molecule has 0 saturated heterocycles. The standard InChI is InChI=1S/C15H28O2.C15H26O/c1-14(2,3)15(10-6-5-7-11-15)13(16)9-8-12-17-4;1-14(2,3)15(9-5-4-6-10-15)13(16)11-12-7-8-12/h5-12H2,1-4H3;12H,4-11H2,1-3H3. The summed E-state index contributed by atoms with van der Waals surface area (Å²) in [7, 11) is 1.70. The first-order valence-corrected chi connectivity index (χ1v) is 14.0. The van der Waals surface area contributed by atoms with Crippen LogP contribution in [0.5, 0.6) is 0 Å². The molecule has 0 atom stereocenters. The van der Waals surface area contributed by atoms with Crippen LogP contribution in [-0.2, 0) is 14.3 Å². The van der Waals surface area contributed by atoms with E-state index < -0.39 is 0 Å². The average molecular weight is 463 g/mol. The predicted molar refractivity (Wildman–Crippen MR) is 138 cm³/mol. The van der Waals surface area contributed by atoms with Gasteiger partial charge in [-0.25, -0.2) is 0 Å². The fraction of sp³-hybridized carbons (Fsp3) is 0.933. The number of ether oxygens (including phenoxy) is 1. The van der Waals surface area contributed by atoms with Crippen LogP contribution < -0.4 is 0 Å². The van der Waals surface area contributed by atoms with Crippen LogP contribution in [0.3, 0.4) is 0 Å². The molecule has 0 aliphatic heterocycles. The lowest BCUT2D eigenvalue weighted by Crippen LogP contribution is -2.44. The largest absolute Gasteiger partial charge is 0.385 e. The Balaban J connectivity index is 0.000000234. The Morgan fingerprint density at radius 2 is 1.15 bits per heavy atom. The maximum absolute atomic E-state index is 12.6. The summed E-state index contributed by atoms with van der Waals surface area (Å²) in [6.45, 7) is 14.2. The summed E-state index contributed by atoms with van der Waals surface area (Å²) in [6.07, 6.45) is 17.0. The van der Waals surface area contributed by atoms with Gasteiger partial charge in [-0.15, -0.1) is 0 Å². The van der Waals surface area contributed by atoms with Crippen LogP contribution in [0.15, 0.2) is 0 Å². The summed E-state index contributed by atoms with van der Waals surface area (Å²) in [5, 5.41) is 0. The van der Waals surface area contributed by atoms with Gasteiger partial charge in [0, 0.05) is 37.4 Å². The maximum atomic E-state index is 12.6. The highest BCUT2D eigenvalue weighted by molar-refractivity contribution is 5.86. The lowest BCUT2D eigenvalue weighted by Gasteiger charge is -2.46. The summed E-state index contributed by atoms with van der Waals surface area (Å²) >= 11 is 0. The molecule has 3 aliphatic carbocycles. The quantitative estimate of drug-likeness (QED) is 0.340. The second kappa shape index (κ2) is 11.8. The Bertz CT molecular complexity index is 618. The van der Waals surface area contributed by atoms with Crippen molar-refractivity contribution < 1.29 is 14.3 Å². The number of hydrogen-bond donors (Lipinski definition) is 0. The molecular weight excluding hydrogens is 408 g/mol. The molecule has 0 aromatic carbocycles. The third-order valence-corrected chi connectivity index (χ3v) is 9.28. The van der Waals surface area contributed by atoms with Crippen molar-refractivity contribution in [2.24, 2.45) is 27.6 Å². The normalized spacial score (nSPS) is 22.8. The van der Waals surface area contributed by atoms with Crippen LogP contribution in [0.2, 0.25) is 0 Å². The van der Waals surface area contributed by atoms with Crippen molar-refractivity contribution in [3.8, 4) is 0 Å². The molecule has 0 heterocycles. The first-order valence-electron chi connectivity index (χ1n) is 14.0. The van der Waals surface area contributed by atoms with Gasteiger partial charge >= 0.3 is 0 Å². The van der Waals surface area contributed by atoms with Crippen LogP contribution in [-0.4, -0.2) is 25.3 Å². The van der Waals surface area contributed by atoms with Gasteiger partial charge in [-0.3, -0.25) is 9.59 Å². The Hall–Kier alpha value is -0.700. The van der Waals surface area contributed by atoms with Crippen molar-refractivity contribution in [2.45, 2.75) is 138 Å². The van der Waals surface area contributed by atoms with Crippen LogP contribution in [0, 0.1) is 27.6 Å². The van der Waals surface area contributed by atoms with E-state index in [1.165, 1.54) is 51.4 Å². The molecule has 3 aliphatic rings. The zero-order valence-electron chi connectivity index (χ0n) is 23.1. The molecule has 3 heteroatoms. The molecule has 0 amide bonds. The smallest absolute Gasteiger partial charge is 0.139 e. The number of carbonyl (C=O) groups excluding carboxylic acids is 2. The van der Waals surface area contributed by atoms with E-state index in [1.54, 1.807) is 7.11 Å². The minimum atomic E-state index is -0.0704. The van der Waals surface area contributed by atoms with Gasteiger partial charge in [-0.1, -0.05) is 80.1 Å². The van der Waals surface area contributed by atoms with Crippen LogP contribution in [0.1, 0.15) is 138 Å². The molecule has 0 unspecified atom stereocenters. The van der Waals surface area contributed by atoms with E-state index in [-0.39, 0.29) is 21.7 Å². The fourth-order valence-electron chi connectivity index (χ4n) is 6.60. The highest BCUT2D eigenvalue weighted by Crippen LogP contribution is 2.53. The molecule has 0 radical (unpaired) electrons. The third-order valence-electron chi connectivity index (χ3n) is 9.28. The monoisotopic (exact) mass is 462 g/mol. The van der Waals surface area contributed by atoms with Crippen molar-refractivity contribution >= 4 is 11.6 Å². The first kappa shape index (κ1) is 28.5. The van der Waals surface area contributed by atoms with Crippen LogP contribution in [0.4, 0.5) is 0 Å². The van der Waals surface area contributed by atoms with Gasteiger partial charge in [0.05, 0.1) is 0 Å². The molecule has 33 heavy (non-hydrogen) atoms. The summed E-state index contributed by atoms with van der Waals surface area (Å²) in [6, 6.07) is 0. The Morgan fingerprint density at radius 1 is 0.727 bits per heavy atom. The second-order valence-corrected chi connectivity index (χ2v) is 13.4. The minimum absolute atomic E-state index is 0.00778. The van der Waals surface area contributed by atoms with E-state index in [0.29, 0.717) is 24.6 Å². The highest BCUT2D eigenvalue weighted by Gasteiger charge is 2.49. The number of Topliss-reactive ketones (excluding diaryl/α,β-unsaturated/α-hetero) is 2. The van der Waals surface area contributed by atoms with Gasteiger partial charge in [-0.2, -0.15) is 0 Å². The number of ketones is 2. The number of methoxy groups -OCH3 is 1. The molecule has 3 nitrogen and oxygen atoms in total. The zero-order chi connectivity index (χ0) is 24.8. The van der Waals surface area contributed by atoms with Crippen molar-refractivity contribution in [2.75, 3.05) is 13.7 Å². The second-order valence-electron chi connectivity index (χ2n) is 13.4. The van der Waals surface area contributed by atoms with Gasteiger partial charge < -0.3 is 4.74 Å². The lowest BCUT2D eigenvalue weighted by molar-refractivity contribution is -0.139. The van der Waals surface area contributed by atoms with E-state index >= 15 is 0 Å². The van der Waals surface area contributed by atoms with Gasteiger partial charge in [0.2, 0.25) is 0 Å². The molecular formula is C30H54O3. The van der Waals surface area contributed by atoms with Gasteiger partial charge in [0.25, 0.3) is 0 Å². The molecule has 0 aromatic heterocycles. The molecule has 3 saturated carbocycles. The van der Waals surface area contributed by atoms with Crippen molar-refractivity contribution in [3.63, 3.8) is 0 Å². The van der Waals surface area contributed by atoms with Crippen LogP contribution >= 0.6 is 0 Å². The van der Waals surface area contributed by atoms with E-state index in [1.807, 2.05) is 0 Å². The number of rotatable bonds is 8. The Morgan fingerprint density at radius 3 is 1.52 bits per heavy atom. The van der Waals surface area contributed by atoms with E-state index in [9.17, 15) is 9.59 Å². The van der Waals surface area contributed by atoms with E-state index in [4.69, 9.17) is 4.74 Å². The molecule has 0 bridgehead atoms. The molecule has 192 valence electrons. The topological polar surface area (TPSA) is 43.4 Å². The zero-order valence-corrected chi connectivity index (χ0v) is 23.1. The lowest BCUT2D eigenvalue weighted by atomic mass is 9.56. The predicted octanol–water partition coefficient (Wildman–Crippen LogP) is 8.33. The van der Waals surface area contributed by atoms with E-state index in [2.05, 4.69) is 41.5 Å². The highest BCUT2D eigenvalue weighted by atomic mass is 16.5. The summed E-state index contributed by atoms with van der Waals surface area (Å²) in [5.41, 5.74) is 0.184. The summed E-state index contributed by atoms with van der Waals surface area (Å²) < 4.78 is 5.05. The molecule has 0 N–H and O–H groups in total. The molecule has 0 aromatic rings. The SMILES string of the molecule is CC(C)(C)C1(C(=O)CC2CC2)CCCCC1.COCCCC(=O)C1(C(C)(C)C)CCCCC1. The Labute approximate surface area is 205 Å². The number of hydrogen-bond acceptors (Lipinski definition) is 3. The first-order chi connectivity index (χ1) is 15.4. The van der Waals surface area contributed by atoms with Crippen molar-refractivity contribution in [1.29, 1.82) is 0 Å². The molecule has 0 spiro atoms. The maximum Gasteiger partial charge on any atom is 0.139 e. The van der Waals surface area contributed by atoms with Crippen molar-refractivity contribution in [1.82, 2.24) is 0 Å².